The van der Waals surface area contributed by atoms with Gasteiger partial charge in [0, 0.05) is 11.0 Å². The highest BCUT2D eigenvalue weighted by Crippen LogP contribution is 2.70. The van der Waals surface area contributed by atoms with E-state index in [4.69, 9.17) is 13.2 Å². The second-order valence-electron chi connectivity index (χ2n) is 13.5. The quantitative estimate of drug-likeness (QED) is 0.359. The van der Waals surface area contributed by atoms with Gasteiger partial charge in [-0.25, -0.2) is 0 Å². The monoisotopic (exact) mass is 504 g/mol. The van der Waals surface area contributed by atoms with Gasteiger partial charge in [0.15, 0.2) is 0 Å². The Kier molecular flexibility index (Phi) is 6.80. The summed E-state index contributed by atoms with van der Waals surface area (Å²) in [4.78, 5) is 0. The number of rotatable bonds is 3. The molecule has 0 aliphatic heterocycles. The molecule has 0 spiro atoms. The highest BCUT2D eigenvalue weighted by atomic mass is 14.6. The summed E-state index contributed by atoms with van der Waals surface area (Å²) in [5.41, 5.74) is 16.8. The van der Waals surface area contributed by atoms with Crippen LogP contribution in [0.5, 0.6) is 0 Å². The summed E-state index contributed by atoms with van der Waals surface area (Å²) >= 11 is 0. The van der Waals surface area contributed by atoms with Crippen molar-refractivity contribution in [2.45, 2.75) is 101 Å². The molecule has 0 heterocycles. The maximum Gasteiger partial charge on any atom is 0.0287 e. The summed E-state index contributed by atoms with van der Waals surface area (Å²) in [6, 6.07) is 2.36. The Labute approximate surface area is 233 Å². The van der Waals surface area contributed by atoms with Gasteiger partial charge in [-0.15, -0.1) is 0 Å². The summed E-state index contributed by atoms with van der Waals surface area (Å²) in [5, 5.41) is 0. The van der Waals surface area contributed by atoms with Crippen LogP contribution in [0.15, 0.2) is 71.4 Å². The Morgan fingerprint density at radius 3 is 2.24 bits per heavy atom. The van der Waals surface area contributed by atoms with E-state index in [1.807, 2.05) is 0 Å². The zero-order valence-corrected chi connectivity index (χ0v) is 25.8. The van der Waals surface area contributed by atoms with Gasteiger partial charge in [-0.2, -0.15) is 0 Å². The predicted molar refractivity (Wildman–Crippen MR) is 167 cm³/mol. The molecule has 0 heteroatoms. The molecule has 1 aromatic carbocycles. The minimum Gasteiger partial charge on any atom is -0.0955 e. The number of allylic oxidation sites excluding steroid dienone is 8. The summed E-state index contributed by atoms with van der Waals surface area (Å²) < 4.78 is 0. The fourth-order valence-electron chi connectivity index (χ4n) is 8.52. The van der Waals surface area contributed by atoms with Gasteiger partial charge in [-0.1, -0.05) is 96.4 Å². The Morgan fingerprint density at radius 2 is 1.68 bits per heavy atom. The summed E-state index contributed by atoms with van der Waals surface area (Å²) in [6.07, 6.45) is 4.13. The summed E-state index contributed by atoms with van der Waals surface area (Å²) in [6.45, 7) is 41.3. The molecule has 0 aromatic heterocycles. The van der Waals surface area contributed by atoms with Crippen LogP contribution in [0.1, 0.15) is 115 Å². The van der Waals surface area contributed by atoms with Crippen molar-refractivity contribution in [2.75, 3.05) is 0 Å². The van der Waals surface area contributed by atoms with E-state index in [1.54, 1.807) is 0 Å². The number of benzene rings is 1. The van der Waals surface area contributed by atoms with E-state index >= 15 is 0 Å². The molecular weight excluding hydrogens is 456 g/mol. The molecule has 0 N–H and O–H groups in total. The molecule has 1 aromatic rings. The van der Waals surface area contributed by atoms with Crippen molar-refractivity contribution in [1.82, 2.24) is 0 Å². The van der Waals surface area contributed by atoms with Crippen LogP contribution in [-0.2, 0) is 6.42 Å². The summed E-state index contributed by atoms with van der Waals surface area (Å²) in [7, 11) is 0. The van der Waals surface area contributed by atoms with Crippen LogP contribution in [0.4, 0.5) is 0 Å². The van der Waals surface area contributed by atoms with Crippen molar-refractivity contribution in [1.29, 1.82) is 0 Å². The van der Waals surface area contributed by atoms with Gasteiger partial charge in [0.1, 0.15) is 0 Å². The molecule has 3 aliphatic carbocycles. The van der Waals surface area contributed by atoms with Crippen LogP contribution in [0.3, 0.4) is 0 Å². The molecule has 38 heavy (non-hydrogen) atoms. The number of hydrogen-bond donors (Lipinski definition) is 0. The van der Waals surface area contributed by atoms with Crippen LogP contribution in [0.2, 0.25) is 0 Å². The Morgan fingerprint density at radius 1 is 1.05 bits per heavy atom. The number of fused-ring (bicyclic) bond motifs is 3. The molecule has 3 aliphatic rings. The normalized spacial score (nSPS) is 28.5. The highest BCUT2D eigenvalue weighted by Gasteiger charge is 2.59. The van der Waals surface area contributed by atoms with E-state index in [9.17, 15) is 0 Å². The molecule has 0 bridgehead atoms. The minimum absolute atomic E-state index is 0.0312. The standard InChI is InChI=1S/C38H48/c1-15-24(6)16-17-30-18-31(22(2)3)32-20-36(12)21-37(13)19-25(7)33(23(4)5)28(10)38(37,14)29(11)35(36)27(9)34(32)26(30)8/h18,22H,4,6,9-10,15,19-21H2,1-3,5,7-8,11-14H3/t36-,37+,38-/m1/s1. The first-order valence-corrected chi connectivity index (χ1v) is 14.4. The van der Waals surface area contributed by atoms with Crippen molar-refractivity contribution < 1.29 is 0 Å². The molecule has 0 unspecified atom stereocenters. The van der Waals surface area contributed by atoms with Crippen molar-refractivity contribution in [2.24, 2.45) is 16.2 Å². The van der Waals surface area contributed by atoms with E-state index in [2.05, 4.69) is 100 Å². The molecule has 4 rings (SSSR count). The first kappa shape index (κ1) is 28.2. The predicted octanol–water partition coefficient (Wildman–Crippen LogP) is 10.6. The van der Waals surface area contributed by atoms with Crippen LogP contribution in [0, 0.1) is 35.0 Å². The third kappa shape index (κ3) is 3.80. The lowest BCUT2D eigenvalue weighted by molar-refractivity contribution is 0.0543. The van der Waals surface area contributed by atoms with E-state index < -0.39 is 0 Å². The first-order chi connectivity index (χ1) is 17.5. The molecule has 200 valence electrons. The SMILES string of the molecule is C=C(C#Cc1cc(C(C)C)c2c(c1C)C(=C)C1=C(C)[C@@]3(C)C(=C)C(C(=C)C)=C(C)C[C@@]3(C)C[C@@]1(C)C2)CC. The maximum absolute atomic E-state index is 4.85. The molecule has 0 saturated heterocycles. The van der Waals surface area contributed by atoms with Gasteiger partial charge in [0.25, 0.3) is 0 Å². The zero-order valence-electron chi connectivity index (χ0n) is 25.8. The van der Waals surface area contributed by atoms with Gasteiger partial charge in [0.2, 0.25) is 0 Å². The smallest absolute Gasteiger partial charge is 0.0287 e. The van der Waals surface area contributed by atoms with Gasteiger partial charge in [-0.05, 0) is 126 Å². The van der Waals surface area contributed by atoms with Crippen molar-refractivity contribution in [3.05, 3.63) is 99.2 Å². The van der Waals surface area contributed by atoms with Gasteiger partial charge >= 0.3 is 0 Å². The van der Waals surface area contributed by atoms with E-state index in [-0.39, 0.29) is 16.2 Å². The third-order valence-electron chi connectivity index (χ3n) is 10.5. The largest absolute Gasteiger partial charge is 0.0955 e. The molecule has 0 radical (unpaired) electrons. The Balaban J connectivity index is 2.03. The van der Waals surface area contributed by atoms with E-state index in [0.717, 1.165) is 42.4 Å². The van der Waals surface area contributed by atoms with Crippen LogP contribution >= 0.6 is 0 Å². The molecule has 0 saturated carbocycles. The second-order valence-corrected chi connectivity index (χ2v) is 13.5. The molecule has 0 nitrogen and oxygen atoms in total. The maximum atomic E-state index is 4.85. The fourth-order valence-corrected chi connectivity index (χ4v) is 8.52. The van der Waals surface area contributed by atoms with E-state index in [1.165, 1.54) is 55.7 Å². The lowest BCUT2D eigenvalue weighted by atomic mass is 9.41. The lowest BCUT2D eigenvalue weighted by Crippen LogP contribution is -2.52. The average molecular weight is 505 g/mol. The van der Waals surface area contributed by atoms with Crippen molar-refractivity contribution in [3.8, 4) is 11.8 Å². The second kappa shape index (κ2) is 9.16. The molecule has 3 atom stereocenters. The first-order valence-electron chi connectivity index (χ1n) is 14.4. The lowest BCUT2D eigenvalue weighted by Gasteiger charge is -2.62. The molecule has 0 fully saturated rings. The minimum atomic E-state index is -0.138. The topological polar surface area (TPSA) is 0 Å². The van der Waals surface area contributed by atoms with Gasteiger partial charge in [0.05, 0.1) is 0 Å². The van der Waals surface area contributed by atoms with Crippen molar-refractivity contribution >= 4 is 5.57 Å². The average Bonchev–Trinajstić information content (AvgIpc) is 2.79. The Hall–Kier alpha value is -2.78. The third-order valence-corrected chi connectivity index (χ3v) is 10.5. The van der Waals surface area contributed by atoms with Gasteiger partial charge in [-0.3, -0.25) is 0 Å². The van der Waals surface area contributed by atoms with Gasteiger partial charge < -0.3 is 0 Å². The Bertz CT molecular complexity index is 1430. The number of hydrogen-bond acceptors (Lipinski definition) is 0. The zero-order chi connectivity index (χ0) is 28.5. The van der Waals surface area contributed by atoms with E-state index in [0.29, 0.717) is 5.92 Å². The van der Waals surface area contributed by atoms with Crippen LogP contribution in [0.25, 0.3) is 5.57 Å². The van der Waals surface area contributed by atoms with Crippen LogP contribution in [-0.4, -0.2) is 0 Å². The fraction of sp³-hybridized carbons (Fsp3) is 0.474. The van der Waals surface area contributed by atoms with Crippen molar-refractivity contribution in [3.63, 3.8) is 0 Å². The molecular formula is C38H48. The highest BCUT2D eigenvalue weighted by molar-refractivity contribution is 5.88. The van der Waals surface area contributed by atoms with Crippen LogP contribution < -0.4 is 0 Å². The summed E-state index contributed by atoms with van der Waals surface area (Å²) in [5.74, 6) is 7.21. The molecule has 0 amide bonds.